The third-order valence-electron chi connectivity index (χ3n) is 13.4. The number of benzene rings is 3. The Balaban J connectivity index is 0.000000176. The zero-order valence-electron chi connectivity index (χ0n) is 36.5. The van der Waals surface area contributed by atoms with Gasteiger partial charge in [-0.25, -0.2) is 4.39 Å². The number of rotatable bonds is 10. The largest absolute Gasteiger partial charge is 0.345 e. The number of likely N-dealkylation sites (N-methyl/N-ethyl adjacent to an activating group) is 1. The molecule has 8 rings (SSSR count). The first-order chi connectivity index (χ1) is 30.9. The van der Waals surface area contributed by atoms with Gasteiger partial charge in [-0.05, 0) is 100 Å². The minimum atomic E-state index is -0.876. The van der Waals surface area contributed by atoms with Crippen LogP contribution in [-0.4, -0.2) is 98.4 Å². The van der Waals surface area contributed by atoms with E-state index in [4.69, 9.17) is 23.2 Å². The van der Waals surface area contributed by atoms with Gasteiger partial charge in [-0.3, -0.25) is 34.2 Å². The summed E-state index contributed by atoms with van der Waals surface area (Å²) in [5.74, 6) is 5.13. The normalized spacial score (nSPS) is 22.3. The van der Waals surface area contributed by atoms with Crippen molar-refractivity contribution in [3.05, 3.63) is 98.3 Å². The molecule has 2 spiro atoms. The molecule has 5 aliphatic rings. The van der Waals surface area contributed by atoms with Crippen molar-refractivity contribution in [2.45, 2.75) is 100 Å². The first-order valence-electron chi connectivity index (χ1n) is 22.1. The first kappa shape index (κ1) is 48.5. The SMILES string of the molecule is CNCCCC#Cc1cccc(C=O)c1CN(C)C1CCC(=O)NC1=O.O=C1Nc2cc(Cl)ccc2[C@@]12C(c1cccc(Cl)c1F)CNC21CCCCC1.O=CC1CCN(C=O)CC1. The van der Waals surface area contributed by atoms with Gasteiger partial charge in [0.25, 0.3) is 0 Å². The van der Waals surface area contributed by atoms with E-state index in [9.17, 15) is 28.8 Å². The monoisotopic (exact) mass is 914 g/mol. The number of aldehydes is 2. The van der Waals surface area contributed by atoms with Gasteiger partial charge in [0.05, 0.1) is 11.1 Å². The molecule has 2 unspecified atom stereocenters. The van der Waals surface area contributed by atoms with Crippen LogP contribution in [0.3, 0.4) is 0 Å². The Morgan fingerprint density at radius 2 is 1.72 bits per heavy atom. The summed E-state index contributed by atoms with van der Waals surface area (Å²) >= 11 is 12.3. The number of likely N-dealkylation sites (tertiary alicyclic amines) is 1. The molecular weight excluding hydrogens is 858 g/mol. The van der Waals surface area contributed by atoms with Crippen LogP contribution >= 0.6 is 23.2 Å². The number of unbranched alkanes of at least 4 members (excludes halogenated alkanes) is 1. The highest BCUT2D eigenvalue weighted by Gasteiger charge is 2.68. The number of hydrogen-bond acceptors (Lipinski definition) is 9. The van der Waals surface area contributed by atoms with Crippen molar-refractivity contribution in [2.75, 3.05) is 45.6 Å². The topological polar surface area (TPSA) is 157 Å². The molecule has 15 heteroatoms. The van der Waals surface area contributed by atoms with E-state index in [2.05, 4.69) is 33.1 Å². The molecule has 4 aliphatic heterocycles. The van der Waals surface area contributed by atoms with Crippen LogP contribution in [0.1, 0.15) is 109 Å². The van der Waals surface area contributed by atoms with Crippen LogP contribution in [-0.2, 0) is 35.9 Å². The molecule has 12 nitrogen and oxygen atoms in total. The summed E-state index contributed by atoms with van der Waals surface area (Å²) in [4.78, 5) is 72.6. The zero-order chi connectivity index (χ0) is 45.9. The quantitative estimate of drug-likeness (QED) is 0.0767. The molecule has 340 valence electrons. The highest BCUT2D eigenvalue weighted by Crippen LogP contribution is 2.61. The van der Waals surface area contributed by atoms with E-state index < -0.39 is 16.8 Å². The maximum absolute atomic E-state index is 15.1. The van der Waals surface area contributed by atoms with Crippen molar-refractivity contribution in [1.82, 2.24) is 25.8 Å². The predicted octanol–water partition coefficient (Wildman–Crippen LogP) is 6.55. The molecule has 3 atom stereocenters. The maximum Gasteiger partial charge on any atom is 0.243 e. The number of carbonyl (C=O) groups excluding carboxylic acids is 6. The lowest BCUT2D eigenvalue weighted by atomic mass is 9.56. The van der Waals surface area contributed by atoms with Gasteiger partial charge in [-0.1, -0.05) is 84.6 Å². The first-order valence-corrected chi connectivity index (χ1v) is 22.9. The lowest BCUT2D eigenvalue weighted by Crippen LogP contribution is -2.60. The Kier molecular flexibility index (Phi) is 16.9. The molecule has 4 N–H and O–H groups in total. The Labute approximate surface area is 384 Å². The number of piperidine rings is 2. The molecule has 1 saturated carbocycles. The van der Waals surface area contributed by atoms with Crippen molar-refractivity contribution in [3.63, 3.8) is 0 Å². The number of fused-ring (bicyclic) bond motifs is 3. The summed E-state index contributed by atoms with van der Waals surface area (Å²) in [6, 6.07) is 15.7. The molecule has 0 bridgehead atoms. The Bertz CT molecular complexity index is 2250. The summed E-state index contributed by atoms with van der Waals surface area (Å²) in [7, 11) is 3.73. The Morgan fingerprint density at radius 1 is 0.969 bits per heavy atom. The fourth-order valence-corrected chi connectivity index (χ4v) is 10.4. The lowest BCUT2D eigenvalue weighted by Gasteiger charge is -2.47. The van der Waals surface area contributed by atoms with Crippen molar-refractivity contribution in [1.29, 1.82) is 0 Å². The average Bonchev–Trinajstić information content (AvgIpc) is 3.78. The van der Waals surface area contributed by atoms with E-state index in [0.29, 0.717) is 42.1 Å². The zero-order valence-corrected chi connectivity index (χ0v) is 38.0. The van der Waals surface area contributed by atoms with Gasteiger partial charge < -0.3 is 25.6 Å². The summed E-state index contributed by atoms with van der Waals surface area (Å²) in [5.41, 5.74) is 3.07. The second-order valence-electron chi connectivity index (χ2n) is 17.2. The smallest absolute Gasteiger partial charge is 0.243 e. The van der Waals surface area contributed by atoms with Crippen LogP contribution in [0.25, 0.3) is 0 Å². The van der Waals surface area contributed by atoms with Crippen LogP contribution in [0.15, 0.2) is 54.6 Å². The molecule has 4 heterocycles. The number of nitrogens with one attached hydrogen (secondary N) is 4. The molecule has 0 radical (unpaired) electrons. The van der Waals surface area contributed by atoms with E-state index >= 15 is 4.39 Å². The van der Waals surface area contributed by atoms with E-state index in [1.807, 2.05) is 43.3 Å². The lowest BCUT2D eigenvalue weighted by molar-refractivity contribution is -0.137. The van der Waals surface area contributed by atoms with Gasteiger partial charge in [0.15, 0.2) is 0 Å². The highest BCUT2D eigenvalue weighted by atomic mass is 35.5. The molecule has 64 heavy (non-hydrogen) atoms. The number of hydrogen-bond donors (Lipinski definition) is 4. The Hall–Kier alpha value is -4.97. The van der Waals surface area contributed by atoms with Crippen LogP contribution in [0.2, 0.25) is 10.0 Å². The third-order valence-corrected chi connectivity index (χ3v) is 13.9. The van der Waals surface area contributed by atoms with Gasteiger partial charge in [-0.15, -0.1) is 0 Å². The van der Waals surface area contributed by atoms with Crippen LogP contribution in [0.4, 0.5) is 10.1 Å². The predicted molar refractivity (Wildman–Crippen MR) is 246 cm³/mol. The maximum atomic E-state index is 15.1. The summed E-state index contributed by atoms with van der Waals surface area (Å²) in [5, 5.41) is 12.9. The second kappa shape index (κ2) is 22.3. The van der Waals surface area contributed by atoms with Gasteiger partial charge in [-0.2, -0.15) is 0 Å². The van der Waals surface area contributed by atoms with Crippen molar-refractivity contribution in [3.8, 4) is 11.8 Å². The molecular formula is C49H57Cl2FN6O6. The summed E-state index contributed by atoms with van der Waals surface area (Å²) in [6.07, 6.45) is 11.9. The summed E-state index contributed by atoms with van der Waals surface area (Å²) < 4.78 is 15.1. The fourth-order valence-electron chi connectivity index (χ4n) is 10.1. The molecule has 3 aromatic rings. The van der Waals surface area contributed by atoms with Gasteiger partial charge in [0, 0.05) is 78.2 Å². The summed E-state index contributed by atoms with van der Waals surface area (Å²) in [6.45, 7) is 3.35. The molecule has 1 aliphatic carbocycles. The van der Waals surface area contributed by atoms with E-state index in [1.165, 1.54) is 0 Å². The number of anilines is 1. The van der Waals surface area contributed by atoms with Crippen molar-refractivity contribution >= 4 is 65.6 Å². The van der Waals surface area contributed by atoms with Crippen molar-refractivity contribution in [2.24, 2.45) is 5.92 Å². The number of imide groups is 1. The number of carbonyl (C=O) groups is 6. The second-order valence-corrected chi connectivity index (χ2v) is 18.0. The highest BCUT2D eigenvalue weighted by molar-refractivity contribution is 6.31. The van der Waals surface area contributed by atoms with Crippen LogP contribution < -0.4 is 21.3 Å². The average molecular weight is 916 g/mol. The Morgan fingerprint density at radius 3 is 2.41 bits per heavy atom. The van der Waals surface area contributed by atoms with Gasteiger partial charge >= 0.3 is 0 Å². The minimum Gasteiger partial charge on any atom is -0.345 e. The van der Waals surface area contributed by atoms with Crippen LogP contribution in [0.5, 0.6) is 0 Å². The standard InChI is InChI=1S/C22H21Cl2FN2O.C20H25N3O3.C7H11NO2/c23-13-7-8-15-18(11-13)27-20(28)22(15)16(14-5-4-6-17(24)19(14)25)12-26-21(22)9-2-1-3-10-21;1-21-12-5-3-4-7-15-8-6-9-16(14-24)17(15)13-23(2)18-10-11-19(25)22-20(18)26;9-5-7-1-3-8(6-10)4-2-7/h4-8,11,16,26H,1-3,9-10,12H2,(H,27,28);6,8-9,14,18,21H,3,5,10-13H2,1-2H3,(H,22,25,26);5-7H,1-4H2/t16?,22-;;/m1../s1. The van der Waals surface area contributed by atoms with Crippen molar-refractivity contribution < 1.29 is 33.2 Å². The number of nitrogens with zero attached hydrogens (tertiary/aromatic N) is 2. The fraction of sp³-hybridized carbons (Fsp3) is 0.469. The van der Waals surface area contributed by atoms with Gasteiger partial charge in [0.2, 0.25) is 24.1 Å². The van der Waals surface area contributed by atoms with E-state index in [0.717, 1.165) is 119 Å². The van der Waals surface area contributed by atoms with E-state index in [1.54, 1.807) is 35.2 Å². The molecule has 3 aromatic carbocycles. The van der Waals surface area contributed by atoms with E-state index in [-0.39, 0.29) is 40.6 Å². The molecule has 4 amide bonds. The molecule has 4 fully saturated rings. The molecule has 3 saturated heterocycles. The molecule has 0 aromatic heterocycles. The van der Waals surface area contributed by atoms with Gasteiger partial charge in [0.1, 0.15) is 23.8 Å². The third kappa shape index (κ3) is 10.4. The number of amides is 4. The number of halogens is 3. The van der Waals surface area contributed by atoms with Crippen LogP contribution in [0, 0.1) is 23.6 Å². The minimum absolute atomic E-state index is 0.0685.